The second kappa shape index (κ2) is 62.1. The second-order valence-corrected chi connectivity index (χ2v) is 19.9. The molecule has 0 aromatic heterocycles. The first kappa shape index (κ1) is 70.5. The summed E-state index contributed by atoms with van der Waals surface area (Å²) in [7, 11) is 0. The molecule has 1 atom stereocenters. The number of unbranched alkanes of at least 4 members (excludes halogenated alkanes) is 21. The summed E-state index contributed by atoms with van der Waals surface area (Å²) < 4.78 is 16.8. The van der Waals surface area contributed by atoms with E-state index in [0.29, 0.717) is 12.8 Å². The third kappa shape index (κ3) is 60.3. The molecule has 0 bridgehead atoms. The molecule has 424 valence electrons. The largest absolute Gasteiger partial charge is 0.462 e. The van der Waals surface area contributed by atoms with Crippen LogP contribution in [0.1, 0.15) is 265 Å². The Kier molecular flexibility index (Phi) is 58.4. The standard InChI is InChI=1S/C69H112O6/c1-4-7-10-13-16-19-22-24-25-26-27-28-29-30-31-32-33-34-35-36-37-38-39-40-41-42-43-45-47-50-53-56-59-62-68(71)74-65-66(64-73-67(70)61-58-55-52-49-46-21-18-15-12-9-6-3)75-69(72)63-60-57-54-51-48-44-23-20-17-14-11-8-5-2/h7-8,10-11,16-17,19-20,24-25,27-28,30-31,33-34,36-37,39-40,44,48,66H,4-6,9,12-15,18,21-23,26,29,32,35,38,41-43,45-47,49-65H2,1-3H3/b10-7-,11-8-,19-16-,20-17-,25-24-,28-27-,31-30-,34-33-,37-36-,40-39-,48-44-. The lowest BCUT2D eigenvalue weighted by Crippen LogP contribution is -2.30. The van der Waals surface area contributed by atoms with Crippen LogP contribution in [0.4, 0.5) is 0 Å². The molecule has 0 spiro atoms. The van der Waals surface area contributed by atoms with E-state index in [9.17, 15) is 14.4 Å². The van der Waals surface area contributed by atoms with Gasteiger partial charge in [-0.3, -0.25) is 14.4 Å². The molecule has 0 saturated heterocycles. The zero-order valence-corrected chi connectivity index (χ0v) is 48.5. The molecule has 0 amide bonds. The molecule has 6 heteroatoms. The molecule has 0 fully saturated rings. The molecule has 0 aliphatic carbocycles. The van der Waals surface area contributed by atoms with Crippen LogP contribution < -0.4 is 0 Å². The maximum Gasteiger partial charge on any atom is 0.306 e. The van der Waals surface area contributed by atoms with E-state index in [4.69, 9.17) is 14.2 Å². The predicted octanol–water partition coefficient (Wildman–Crippen LogP) is 21.0. The van der Waals surface area contributed by atoms with Gasteiger partial charge in [0, 0.05) is 19.3 Å². The van der Waals surface area contributed by atoms with E-state index in [-0.39, 0.29) is 37.5 Å². The first-order chi connectivity index (χ1) is 37.0. The number of hydrogen-bond acceptors (Lipinski definition) is 6. The quantitative estimate of drug-likeness (QED) is 0.0261. The Labute approximate surface area is 462 Å². The maximum atomic E-state index is 12.8. The minimum atomic E-state index is -0.798. The molecule has 1 unspecified atom stereocenters. The van der Waals surface area contributed by atoms with Crippen molar-refractivity contribution in [2.24, 2.45) is 0 Å². The summed E-state index contributed by atoms with van der Waals surface area (Å²) in [6.07, 6.45) is 87.5. The second-order valence-electron chi connectivity index (χ2n) is 19.9. The minimum absolute atomic E-state index is 0.0933. The van der Waals surface area contributed by atoms with Crippen LogP contribution in [-0.4, -0.2) is 37.2 Å². The highest BCUT2D eigenvalue weighted by atomic mass is 16.6. The van der Waals surface area contributed by atoms with Gasteiger partial charge in [-0.25, -0.2) is 0 Å². The van der Waals surface area contributed by atoms with E-state index in [1.54, 1.807) is 0 Å². The zero-order valence-electron chi connectivity index (χ0n) is 48.5. The van der Waals surface area contributed by atoms with Gasteiger partial charge in [-0.2, -0.15) is 0 Å². The summed E-state index contributed by atoms with van der Waals surface area (Å²) in [6, 6.07) is 0. The highest BCUT2D eigenvalue weighted by Gasteiger charge is 2.19. The average molecular weight is 1040 g/mol. The lowest BCUT2D eigenvalue weighted by Gasteiger charge is -2.18. The van der Waals surface area contributed by atoms with Crippen molar-refractivity contribution < 1.29 is 28.6 Å². The molecule has 0 heterocycles. The number of rotatable bonds is 54. The highest BCUT2D eigenvalue weighted by Crippen LogP contribution is 2.15. The van der Waals surface area contributed by atoms with Crippen molar-refractivity contribution in [3.05, 3.63) is 134 Å². The molecule has 6 nitrogen and oxygen atoms in total. The first-order valence-electron chi connectivity index (χ1n) is 30.7. The van der Waals surface area contributed by atoms with Crippen molar-refractivity contribution in [2.45, 2.75) is 271 Å². The van der Waals surface area contributed by atoms with Crippen LogP contribution in [0.2, 0.25) is 0 Å². The van der Waals surface area contributed by atoms with Gasteiger partial charge < -0.3 is 14.2 Å². The summed E-state index contributed by atoms with van der Waals surface area (Å²) in [5, 5.41) is 0. The van der Waals surface area contributed by atoms with Crippen molar-refractivity contribution in [1.29, 1.82) is 0 Å². The number of carbonyl (C=O) groups is 3. The van der Waals surface area contributed by atoms with E-state index in [2.05, 4.69) is 154 Å². The normalized spacial score (nSPS) is 13.1. The van der Waals surface area contributed by atoms with E-state index < -0.39 is 6.10 Å². The fraction of sp³-hybridized carbons (Fsp3) is 0.638. The lowest BCUT2D eigenvalue weighted by atomic mass is 10.1. The Morgan fingerprint density at radius 2 is 0.520 bits per heavy atom. The topological polar surface area (TPSA) is 78.9 Å². The van der Waals surface area contributed by atoms with Gasteiger partial charge >= 0.3 is 17.9 Å². The Bertz CT molecular complexity index is 1620. The van der Waals surface area contributed by atoms with E-state index in [1.165, 1.54) is 83.5 Å². The third-order valence-corrected chi connectivity index (χ3v) is 12.7. The van der Waals surface area contributed by atoms with Gasteiger partial charge in [-0.15, -0.1) is 0 Å². The number of hydrogen-bond donors (Lipinski definition) is 0. The van der Waals surface area contributed by atoms with Crippen molar-refractivity contribution in [3.8, 4) is 0 Å². The summed E-state index contributed by atoms with van der Waals surface area (Å²) in [6.45, 7) is 6.37. The molecule has 0 radical (unpaired) electrons. The Hall–Kier alpha value is -4.45. The predicted molar refractivity (Wildman–Crippen MR) is 325 cm³/mol. The summed E-state index contributed by atoms with van der Waals surface area (Å²) in [5.74, 6) is -0.934. The lowest BCUT2D eigenvalue weighted by molar-refractivity contribution is -0.167. The molecule has 0 rings (SSSR count). The van der Waals surface area contributed by atoms with Gasteiger partial charge in [-0.1, -0.05) is 264 Å². The van der Waals surface area contributed by atoms with E-state index in [1.807, 2.05) is 0 Å². The monoisotopic (exact) mass is 1040 g/mol. The number of allylic oxidation sites excluding steroid dienone is 22. The number of carbonyl (C=O) groups excluding carboxylic acids is 3. The van der Waals surface area contributed by atoms with E-state index in [0.717, 1.165) is 141 Å². The number of esters is 3. The first-order valence-corrected chi connectivity index (χ1v) is 30.7. The summed E-state index contributed by atoms with van der Waals surface area (Å²) in [4.78, 5) is 38.1. The van der Waals surface area contributed by atoms with Crippen LogP contribution >= 0.6 is 0 Å². The Balaban J connectivity index is 4.23. The number of ether oxygens (including phenoxy) is 3. The van der Waals surface area contributed by atoms with Crippen LogP contribution in [0.3, 0.4) is 0 Å². The fourth-order valence-corrected chi connectivity index (χ4v) is 8.12. The fourth-order valence-electron chi connectivity index (χ4n) is 8.12. The molecule has 0 N–H and O–H groups in total. The summed E-state index contributed by atoms with van der Waals surface area (Å²) >= 11 is 0. The molecular weight excluding hydrogens is 925 g/mol. The molecule has 75 heavy (non-hydrogen) atoms. The molecule has 0 aromatic rings. The van der Waals surface area contributed by atoms with Crippen LogP contribution in [-0.2, 0) is 28.6 Å². The van der Waals surface area contributed by atoms with Gasteiger partial charge in [0.2, 0.25) is 0 Å². The van der Waals surface area contributed by atoms with Gasteiger partial charge in [0.05, 0.1) is 0 Å². The van der Waals surface area contributed by atoms with Crippen molar-refractivity contribution in [3.63, 3.8) is 0 Å². The van der Waals surface area contributed by atoms with Gasteiger partial charge in [0.15, 0.2) is 6.10 Å². The average Bonchev–Trinajstić information content (AvgIpc) is 3.41. The van der Waals surface area contributed by atoms with Crippen molar-refractivity contribution >= 4 is 17.9 Å². The Morgan fingerprint density at radius 1 is 0.280 bits per heavy atom. The summed E-state index contributed by atoms with van der Waals surface area (Å²) in [5.41, 5.74) is 0. The molecule has 0 aliphatic rings. The van der Waals surface area contributed by atoms with Gasteiger partial charge in [0.25, 0.3) is 0 Å². The molecule has 0 aromatic carbocycles. The highest BCUT2D eigenvalue weighted by molar-refractivity contribution is 5.71. The SMILES string of the molecule is CC/C=C\C/C=C\C/C=C\C/C=C\C/C=C\C/C=C\C/C=C\C/C=C\CCCCCCCCCCC(=O)OCC(COC(=O)CCCCCCCCCCCCC)OC(=O)CCCCC/C=C\C/C=C\C/C=C\CC. The van der Waals surface area contributed by atoms with Crippen LogP contribution in [0.5, 0.6) is 0 Å². The maximum absolute atomic E-state index is 12.8. The van der Waals surface area contributed by atoms with Crippen LogP contribution in [0.15, 0.2) is 134 Å². The molecule has 0 saturated carbocycles. The van der Waals surface area contributed by atoms with E-state index >= 15 is 0 Å². The van der Waals surface area contributed by atoms with Crippen LogP contribution in [0, 0.1) is 0 Å². The van der Waals surface area contributed by atoms with Gasteiger partial charge in [0.1, 0.15) is 13.2 Å². The molecular formula is C69H112O6. The Morgan fingerprint density at radius 3 is 0.827 bits per heavy atom. The smallest absolute Gasteiger partial charge is 0.306 e. The minimum Gasteiger partial charge on any atom is -0.462 e. The van der Waals surface area contributed by atoms with Crippen molar-refractivity contribution in [2.75, 3.05) is 13.2 Å². The van der Waals surface area contributed by atoms with Crippen molar-refractivity contribution in [1.82, 2.24) is 0 Å². The molecule has 0 aliphatic heterocycles. The van der Waals surface area contributed by atoms with Crippen LogP contribution in [0.25, 0.3) is 0 Å². The van der Waals surface area contributed by atoms with Gasteiger partial charge in [-0.05, 0) is 116 Å². The third-order valence-electron chi connectivity index (χ3n) is 12.7. The zero-order chi connectivity index (χ0) is 54.3.